The van der Waals surface area contributed by atoms with E-state index in [1.54, 1.807) is 6.33 Å². The average Bonchev–Trinajstić information content (AvgIpc) is 2.96. The molecule has 1 unspecified atom stereocenters. The largest absolute Gasteiger partial charge is 0.310 e. The van der Waals surface area contributed by atoms with Gasteiger partial charge in [-0.15, -0.1) is 0 Å². The van der Waals surface area contributed by atoms with E-state index in [4.69, 9.17) is 0 Å². The van der Waals surface area contributed by atoms with Crippen molar-refractivity contribution in [2.75, 3.05) is 6.54 Å². The molecule has 4 heteroatoms. The van der Waals surface area contributed by atoms with Crippen molar-refractivity contribution in [3.63, 3.8) is 0 Å². The van der Waals surface area contributed by atoms with Crippen LogP contribution in [-0.2, 0) is 13.0 Å². The molecule has 0 fully saturated rings. The third-order valence-corrected chi connectivity index (χ3v) is 3.63. The van der Waals surface area contributed by atoms with Crippen LogP contribution in [0.15, 0.2) is 36.7 Å². The quantitative estimate of drug-likeness (QED) is 0.768. The molecule has 1 atom stereocenters. The molecule has 0 radical (unpaired) electrons. The highest BCUT2D eigenvalue weighted by atomic mass is 15.3. The maximum absolute atomic E-state index is 4.40. The number of benzene rings is 1. The van der Waals surface area contributed by atoms with Crippen LogP contribution in [0.2, 0.25) is 0 Å². The van der Waals surface area contributed by atoms with E-state index in [9.17, 15) is 0 Å². The Morgan fingerprint density at radius 2 is 1.95 bits per heavy atom. The van der Waals surface area contributed by atoms with Gasteiger partial charge in [-0.1, -0.05) is 44.2 Å². The van der Waals surface area contributed by atoms with Gasteiger partial charge >= 0.3 is 0 Å². The third-order valence-electron chi connectivity index (χ3n) is 3.63. The SMILES string of the molecule is CCCNC(CCc1ncnn1CCC)c1ccccc1. The van der Waals surface area contributed by atoms with Crippen molar-refractivity contribution in [1.29, 1.82) is 0 Å². The highest BCUT2D eigenvalue weighted by Crippen LogP contribution is 2.18. The van der Waals surface area contributed by atoms with Gasteiger partial charge in [-0.2, -0.15) is 5.10 Å². The summed E-state index contributed by atoms with van der Waals surface area (Å²) in [4.78, 5) is 4.40. The molecule has 1 heterocycles. The molecule has 0 aliphatic rings. The Morgan fingerprint density at radius 3 is 2.67 bits per heavy atom. The Labute approximate surface area is 127 Å². The first kappa shape index (κ1) is 15.7. The van der Waals surface area contributed by atoms with Gasteiger partial charge in [0.15, 0.2) is 0 Å². The number of rotatable bonds is 9. The van der Waals surface area contributed by atoms with Crippen LogP contribution >= 0.6 is 0 Å². The molecule has 0 saturated carbocycles. The Bertz CT molecular complexity index is 507. The van der Waals surface area contributed by atoms with Crippen molar-refractivity contribution in [3.05, 3.63) is 48.0 Å². The molecule has 1 aromatic heterocycles. The molecular formula is C17H26N4. The first-order valence-electron chi connectivity index (χ1n) is 8.00. The van der Waals surface area contributed by atoms with E-state index < -0.39 is 0 Å². The third kappa shape index (κ3) is 4.67. The molecule has 2 aromatic rings. The van der Waals surface area contributed by atoms with Crippen LogP contribution in [0.3, 0.4) is 0 Å². The predicted molar refractivity (Wildman–Crippen MR) is 86.1 cm³/mol. The van der Waals surface area contributed by atoms with E-state index in [0.717, 1.165) is 44.6 Å². The summed E-state index contributed by atoms with van der Waals surface area (Å²) >= 11 is 0. The van der Waals surface area contributed by atoms with Crippen molar-refractivity contribution in [3.8, 4) is 0 Å². The number of nitrogens with one attached hydrogen (secondary N) is 1. The smallest absolute Gasteiger partial charge is 0.138 e. The molecule has 0 saturated heterocycles. The van der Waals surface area contributed by atoms with Gasteiger partial charge in [-0.3, -0.25) is 4.68 Å². The van der Waals surface area contributed by atoms with E-state index in [-0.39, 0.29) is 0 Å². The van der Waals surface area contributed by atoms with Crippen LogP contribution in [0.25, 0.3) is 0 Å². The van der Waals surface area contributed by atoms with Gasteiger partial charge in [-0.25, -0.2) is 4.98 Å². The summed E-state index contributed by atoms with van der Waals surface area (Å²) in [5, 5.41) is 7.95. The second-order valence-electron chi connectivity index (χ2n) is 5.36. The molecular weight excluding hydrogens is 260 g/mol. The summed E-state index contributed by atoms with van der Waals surface area (Å²) in [5.41, 5.74) is 1.35. The van der Waals surface area contributed by atoms with Gasteiger partial charge in [0.25, 0.3) is 0 Å². The minimum Gasteiger partial charge on any atom is -0.310 e. The minimum absolute atomic E-state index is 0.387. The lowest BCUT2D eigenvalue weighted by molar-refractivity contribution is 0.480. The van der Waals surface area contributed by atoms with E-state index in [1.807, 2.05) is 4.68 Å². The minimum atomic E-state index is 0.387. The monoisotopic (exact) mass is 286 g/mol. The standard InChI is InChI=1S/C17H26N4/c1-3-12-18-16(15-8-6-5-7-9-15)10-11-17-19-14-20-21(17)13-4-2/h5-9,14,16,18H,3-4,10-13H2,1-2H3. The van der Waals surface area contributed by atoms with Crippen LogP contribution in [0.5, 0.6) is 0 Å². The summed E-state index contributed by atoms with van der Waals surface area (Å²) in [5.74, 6) is 1.09. The van der Waals surface area contributed by atoms with Gasteiger partial charge in [0, 0.05) is 19.0 Å². The first-order chi connectivity index (χ1) is 10.3. The molecule has 0 aliphatic heterocycles. The molecule has 0 bridgehead atoms. The second kappa shape index (κ2) is 8.57. The van der Waals surface area contributed by atoms with Gasteiger partial charge in [0.05, 0.1) is 0 Å². The zero-order chi connectivity index (χ0) is 14.9. The maximum atomic E-state index is 4.40. The number of hydrogen-bond acceptors (Lipinski definition) is 3. The van der Waals surface area contributed by atoms with Crippen molar-refractivity contribution in [1.82, 2.24) is 20.1 Å². The molecule has 1 N–H and O–H groups in total. The van der Waals surface area contributed by atoms with Crippen molar-refractivity contribution in [2.45, 2.75) is 52.1 Å². The summed E-state index contributed by atoms with van der Waals surface area (Å²) < 4.78 is 2.03. The van der Waals surface area contributed by atoms with E-state index in [2.05, 4.69) is 59.6 Å². The summed E-state index contributed by atoms with van der Waals surface area (Å²) in [6.07, 6.45) is 5.91. The topological polar surface area (TPSA) is 42.7 Å². The first-order valence-corrected chi connectivity index (χ1v) is 8.00. The van der Waals surface area contributed by atoms with Crippen molar-refractivity contribution < 1.29 is 0 Å². The fraction of sp³-hybridized carbons (Fsp3) is 0.529. The molecule has 0 aliphatic carbocycles. The van der Waals surface area contributed by atoms with Gasteiger partial charge in [0.1, 0.15) is 12.2 Å². The maximum Gasteiger partial charge on any atom is 0.138 e. The Morgan fingerprint density at radius 1 is 1.14 bits per heavy atom. The normalized spacial score (nSPS) is 12.5. The highest BCUT2D eigenvalue weighted by Gasteiger charge is 2.12. The molecule has 0 amide bonds. The lowest BCUT2D eigenvalue weighted by Crippen LogP contribution is -2.23. The Balaban J connectivity index is 2.00. The summed E-state index contributed by atoms with van der Waals surface area (Å²) in [6, 6.07) is 11.1. The molecule has 2 rings (SSSR count). The summed E-state index contributed by atoms with van der Waals surface area (Å²) in [6.45, 7) is 6.36. The van der Waals surface area contributed by atoms with E-state index in [1.165, 1.54) is 5.56 Å². The number of hydrogen-bond donors (Lipinski definition) is 1. The molecule has 21 heavy (non-hydrogen) atoms. The van der Waals surface area contributed by atoms with Crippen LogP contribution in [0.4, 0.5) is 0 Å². The van der Waals surface area contributed by atoms with Gasteiger partial charge < -0.3 is 5.32 Å². The fourth-order valence-corrected chi connectivity index (χ4v) is 2.54. The van der Waals surface area contributed by atoms with Crippen molar-refractivity contribution >= 4 is 0 Å². The van der Waals surface area contributed by atoms with Crippen molar-refractivity contribution in [2.24, 2.45) is 0 Å². The molecule has 114 valence electrons. The Hall–Kier alpha value is -1.68. The Kier molecular flexibility index (Phi) is 6.41. The predicted octanol–water partition coefficient (Wildman–Crippen LogP) is 3.36. The van der Waals surface area contributed by atoms with Crippen LogP contribution in [0, 0.1) is 0 Å². The van der Waals surface area contributed by atoms with Crippen LogP contribution < -0.4 is 5.32 Å². The van der Waals surface area contributed by atoms with Gasteiger partial charge in [-0.05, 0) is 31.4 Å². The van der Waals surface area contributed by atoms with Gasteiger partial charge in [0.2, 0.25) is 0 Å². The summed E-state index contributed by atoms with van der Waals surface area (Å²) in [7, 11) is 0. The van der Waals surface area contributed by atoms with Crippen LogP contribution in [-0.4, -0.2) is 21.3 Å². The van der Waals surface area contributed by atoms with E-state index >= 15 is 0 Å². The van der Waals surface area contributed by atoms with E-state index in [0.29, 0.717) is 6.04 Å². The number of aromatic nitrogens is 3. The molecule has 4 nitrogen and oxygen atoms in total. The zero-order valence-electron chi connectivity index (χ0n) is 13.1. The number of nitrogens with zero attached hydrogens (tertiary/aromatic N) is 3. The molecule has 1 aromatic carbocycles. The fourth-order valence-electron chi connectivity index (χ4n) is 2.54. The average molecular weight is 286 g/mol. The highest BCUT2D eigenvalue weighted by molar-refractivity contribution is 5.19. The van der Waals surface area contributed by atoms with Crippen LogP contribution in [0.1, 0.15) is 50.5 Å². The second-order valence-corrected chi connectivity index (χ2v) is 5.36. The molecule has 0 spiro atoms. The lowest BCUT2D eigenvalue weighted by Gasteiger charge is -2.19. The lowest BCUT2D eigenvalue weighted by atomic mass is 10.0. The number of aryl methyl sites for hydroxylation is 2. The zero-order valence-corrected chi connectivity index (χ0v) is 13.1.